The van der Waals surface area contributed by atoms with Gasteiger partial charge in [-0.1, -0.05) is 0 Å². The van der Waals surface area contributed by atoms with Crippen LogP contribution in [0, 0.1) is 20.8 Å². The third-order valence-electron chi connectivity index (χ3n) is 3.32. The highest BCUT2D eigenvalue weighted by molar-refractivity contribution is 5.26. The molecule has 2 rings (SSSR count). The fraction of sp³-hybridized carbons (Fsp3) is 0.500. The van der Waals surface area contributed by atoms with Crippen LogP contribution in [0.15, 0.2) is 16.5 Å². The van der Waals surface area contributed by atoms with Gasteiger partial charge in [-0.25, -0.2) is 0 Å². The van der Waals surface area contributed by atoms with Crippen molar-refractivity contribution in [2.45, 2.75) is 33.2 Å². The lowest BCUT2D eigenvalue weighted by molar-refractivity contribution is 0.487. The predicted molar refractivity (Wildman–Crippen MR) is 71.6 cm³/mol. The van der Waals surface area contributed by atoms with Crippen LogP contribution in [0.1, 0.15) is 34.5 Å². The molecule has 2 heterocycles. The van der Waals surface area contributed by atoms with Crippen molar-refractivity contribution in [1.82, 2.24) is 15.1 Å². The van der Waals surface area contributed by atoms with Gasteiger partial charge in [0, 0.05) is 30.8 Å². The first kappa shape index (κ1) is 12.9. The molecule has 2 aromatic rings. The van der Waals surface area contributed by atoms with Crippen molar-refractivity contribution in [2.75, 3.05) is 7.05 Å². The zero-order chi connectivity index (χ0) is 13.3. The van der Waals surface area contributed by atoms with E-state index >= 15 is 0 Å². The molecule has 0 fully saturated rings. The van der Waals surface area contributed by atoms with Crippen molar-refractivity contribution in [2.24, 2.45) is 7.05 Å². The Morgan fingerprint density at radius 2 is 2.06 bits per heavy atom. The maximum Gasteiger partial charge on any atom is 0.105 e. The lowest BCUT2D eigenvalue weighted by Crippen LogP contribution is -2.20. The number of aromatic nitrogens is 2. The van der Waals surface area contributed by atoms with Crippen LogP contribution in [-0.4, -0.2) is 16.8 Å². The Labute approximate surface area is 108 Å². The molecule has 0 saturated heterocycles. The molecule has 1 N–H and O–H groups in total. The molecule has 4 heteroatoms. The van der Waals surface area contributed by atoms with Crippen LogP contribution in [0.5, 0.6) is 0 Å². The molecule has 98 valence electrons. The molecule has 0 spiro atoms. The Morgan fingerprint density at radius 3 is 2.50 bits per heavy atom. The molecule has 18 heavy (non-hydrogen) atoms. The van der Waals surface area contributed by atoms with Gasteiger partial charge in [0.15, 0.2) is 0 Å². The molecule has 0 aliphatic rings. The number of rotatable bonds is 4. The van der Waals surface area contributed by atoms with Crippen molar-refractivity contribution in [3.05, 3.63) is 40.6 Å². The molecule has 0 saturated carbocycles. The van der Waals surface area contributed by atoms with E-state index in [9.17, 15) is 0 Å². The zero-order valence-corrected chi connectivity index (χ0v) is 11.7. The number of aryl methyl sites for hydroxylation is 4. The van der Waals surface area contributed by atoms with Crippen molar-refractivity contribution in [1.29, 1.82) is 0 Å². The molecular weight excluding hydrogens is 226 g/mol. The first-order valence-corrected chi connectivity index (χ1v) is 6.25. The summed E-state index contributed by atoms with van der Waals surface area (Å²) in [5, 5.41) is 7.74. The number of hydrogen-bond acceptors (Lipinski definition) is 3. The summed E-state index contributed by atoms with van der Waals surface area (Å²) in [4.78, 5) is 0. The summed E-state index contributed by atoms with van der Waals surface area (Å²) in [5.74, 6) is 1.95. The summed E-state index contributed by atoms with van der Waals surface area (Å²) in [6.07, 6.45) is 0.910. The lowest BCUT2D eigenvalue weighted by Gasteiger charge is -2.15. The van der Waals surface area contributed by atoms with Crippen LogP contribution in [0.25, 0.3) is 0 Å². The van der Waals surface area contributed by atoms with Gasteiger partial charge in [-0.2, -0.15) is 5.10 Å². The van der Waals surface area contributed by atoms with E-state index in [4.69, 9.17) is 4.42 Å². The minimum atomic E-state index is 0.261. The molecule has 1 atom stereocenters. The first-order chi connectivity index (χ1) is 8.51. The minimum Gasteiger partial charge on any atom is -0.466 e. The van der Waals surface area contributed by atoms with E-state index in [0.29, 0.717) is 0 Å². The third kappa shape index (κ3) is 2.48. The van der Waals surface area contributed by atoms with Crippen LogP contribution >= 0.6 is 0 Å². The third-order valence-corrected chi connectivity index (χ3v) is 3.32. The number of hydrogen-bond donors (Lipinski definition) is 1. The summed E-state index contributed by atoms with van der Waals surface area (Å²) in [7, 11) is 3.97. The fourth-order valence-electron chi connectivity index (χ4n) is 2.43. The van der Waals surface area contributed by atoms with Gasteiger partial charge in [0.05, 0.1) is 5.69 Å². The van der Waals surface area contributed by atoms with Crippen molar-refractivity contribution in [3.63, 3.8) is 0 Å². The van der Waals surface area contributed by atoms with Crippen LogP contribution in [0.2, 0.25) is 0 Å². The Kier molecular flexibility index (Phi) is 3.57. The molecule has 1 unspecified atom stereocenters. The van der Waals surface area contributed by atoms with Gasteiger partial charge in [-0.15, -0.1) is 0 Å². The van der Waals surface area contributed by atoms with Gasteiger partial charge < -0.3 is 9.73 Å². The standard InChI is InChI=1S/C14H21N3O/c1-9-6-12(17(5)16-9)8-14(15-4)13-7-10(2)18-11(13)3/h6-7,14-15H,8H2,1-5H3. The molecule has 0 amide bonds. The highest BCUT2D eigenvalue weighted by Crippen LogP contribution is 2.24. The minimum absolute atomic E-state index is 0.261. The van der Waals surface area contributed by atoms with E-state index in [1.807, 2.05) is 39.5 Å². The highest BCUT2D eigenvalue weighted by atomic mass is 16.3. The smallest absolute Gasteiger partial charge is 0.105 e. The molecule has 0 bridgehead atoms. The summed E-state index contributed by atoms with van der Waals surface area (Å²) in [6, 6.07) is 4.50. The summed E-state index contributed by atoms with van der Waals surface area (Å²) in [5.41, 5.74) is 3.52. The highest BCUT2D eigenvalue weighted by Gasteiger charge is 2.17. The average Bonchev–Trinajstić information content (AvgIpc) is 2.78. The van der Waals surface area contributed by atoms with Crippen molar-refractivity contribution >= 4 is 0 Å². The Hall–Kier alpha value is -1.55. The van der Waals surface area contributed by atoms with Crippen molar-refractivity contribution < 1.29 is 4.42 Å². The maximum atomic E-state index is 5.61. The van der Waals surface area contributed by atoms with E-state index in [2.05, 4.69) is 22.5 Å². The second kappa shape index (κ2) is 4.98. The average molecular weight is 247 g/mol. The topological polar surface area (TPSA) is 43.0 Å². The van der Waals surface area contributed by atoms with Gasteiger partial charge in [0.1, 0.15) is 11.5 Å². The largest absolute Gasteiger partial charge is 0.466 e. The number of furan rings is 1. The molecule has 4 nitrogen and oxygen atoms in total. The Bertz CT molecular complexity index is 539. The Morgan fingerprint density at radius 1 is 1.33 bits per heavy atom. The predicted octanol–water partition coefficient (Wildman–Crippen LogP) is 2.44. The molecule has 0 radical (unpaired) electrons. The van der Waals surface area contributed by atoms with Crippen LogP contribution in [0.3, 0.4) is 0 Å². The second-order valence-electron chi connectivity index (χ2n) is 4.81. The van der Waals surface area contributed by atoms with Gasteiger partial charge in [-0.05, 0) is 40.0 Å². The number of likely N-dealkylation sites (N-methyl/N-ethyl adjacent to an activating group) is 1. The van der Waals surface area contributed by atoms with E-state index in [1.54, 1.807) is 0 Å². The zero-order valence-electron chi connectivity index (χ0n) is 11.7. The van der Waals surface area contributed by atoms with Gasteiger partial charge in [-0.3, -0.25) is 4.68 Å². The van der Waals surface area contributed by atoms with Crippen LogP contribution < -0.4 is 5.32 Å². The molecule has 0 aliphatic heterocycles. The number of nitrogens with one attached hydrogen (secondary N) is 1. The lowest BCUT2D eigenvalue weighted by atomic mass is 10.0. The van der Waals surface area contributed by atoms with E-state index in [1.165, 1.54) is 11.3 Å². The van der Waals surface area contributed by atoms with Gasteiger partial charge in [0.2, 0.25) is 0 Å². The molecule has 0 aliphatic carbocycles. The van der Waals surface area contributed by atoms with E-state index < -0.39 is 0 Å². The van der Waals surface area contributed by atoms with Crippen LogP contribution in [-0.2, 0) is 13.5 Å². The van der Waals surface area contributed by atoms with E-state index in [-0.39, 0.29) is 6.04 Å². The second-order valence-corrected chi connectivity index (χ2v) is 4.81. The quantitative estimate of drug-likeness (QED) is 0.902. The molecular formula is C14H21N3O. The SMILES string of the molecule is CNC(Cc1cc(C)nn1C)c1cc(C)oc1C. The maximum absolute atomic E-state index is 5.61. The number of nitrogens with zero attached hydrogens (tertiary/aromatic N) is 2. The van der Waals surface area contributed by atoms with Gasteiger partial charge >= 0.3 is 0 Å². The Balaban J connectivity index is 2.25. The van der Waals surface area contributed by atoms with Crippen molar-refractivity contribution in [3.8, 4) is 0 Å². The first-order valence-electron chi connectivity index (χ1n) is 6.25. The monoisotopic (exact) mass is 247 g/mol. The summed E-state index contributed by atoms with van der Waals surface area (Å²) < 4.78 is 7.55. The summed E-state index contributed by atoms with van der Waals surface area (Å²) >= 11 is 0. The molecule has 2 aromatic heterocycles. The normalized spacial score (nSPS) is 12.9. The van der Waals surface area contributed by atoms with Gasteiger partial charge in [0.25, 0.3) is 0 Å². The van der Waals surface area contributed by atoms with E-state index in [0.717, 1.165) is 23.6 Å². The summed E-state index contributed by atoms with van der Waals surface area (Å²) in [6.45, 7) is 6.02. The fourth-order valence-corrected chi connectivity index (χ4v) is 2.43. The van der Waals surface area contributed by atoms with Crippen LogP contribution in [0.4, 0.5) is 0 Å². The molecule has 0 aromatic carbocycles.